The van der Waals surface area contributed by atoms with E-state index < -0.39 is 0 Å². The molecule has 2 fully saturated rings. The van der Waals surface area contributed by atoms with Gasteiger partial charge in [0.1, 0.15) is 18.1 Å². The number of imide groups is 1. The number of para-hydroxylation sites is 1. The number of phenols is 1. The molecule has 4 aromatic rings. The fraction of sp³-hybridized carbons (Fsp3) is 0.308. The summed E-state index contributed by atoms with van der Waals surface area (Å²) in [5.74, 6) is 0.0260. The molecule has 7 heteroatoms. The molecule has 1 aromatic heterocycles. The molecule has 2 amide bonds. The lowest BCUT2D eigenvalue weighted by Crippen LogP contribution is -2.35. The lowest BCUT2D eigenvalue weighted by atomic mass is 9.69. The number of phenolic OH excluding ortho intramolecular Hbond substituents is 1. The van der Waals surface area contributed by atoms with Gasteiger partial charge in [-0.05, 0) is 89.8 Å². The molecule has 2 aliphatic heterocycles. The van der Waals surface area contributed by atoms with Crippen molar-refractivity contribution >= 4 is 34.2 Å². The summed E-state index contributed by atoms with van der Waals surface area (Å²) in [6, 6.07) is 27.1. The molecule has 4 atom stereocenters. The fourth-order valence-electron chi connectivity index (χ4n) is 7.54. The van der Waals surface area contributed by atoms with E-state index in [-0.39, 0.29) is 41.4 Å². The van der Waals surface area contributed by atoms with Crippen molar-refractivity contribution < 1.29 is 24.2 Å². The first-order valence-electron chi connectivity index (χ1n) is 16.2. The zero-order chi connectivity index (χ0) is 31.6. The standard InChI is InChI=1S/C39H38N2O5/c1-2-20-41-38(43)31-22-27(23-45-28-10-4-3-5-11-28)36-32(37(31)39(41)44)24-46-35(36)18-16-26(33-14-8-9-19-40-33)21-25-15-17-34(42)30-13-7-6-12-29(25)30/h3-15,17,19,21,31-32,35,37,42H,2,16,18,20,22-24H2,1H3/b26-21-/t31-,32+,35-,37-/m1/s1. The van der Waals surface area contributed by atoms with Crippen LogP contribution in [0.4, 0.5) is 0 Å². The van der Waals surface area contributed by atoms with Crippen molar-refractivity contribution in [3.8, 4) is 11.5 Å². The van der Waals surface area contributed by atoms with Crippen molar-refractivity contribution in [3.63, 3.8) is 0 Å². The zero-order valence-corrected chi connectivity index (χ0v) is 26.0. The molecule has 2 saturated heterocycles. The minimum atomic E-state index is -0.381. The molecule has 7 rings (SSSR count). The zero-order valence-electron chi connectivity index (χ0n) is 26.0. The van der Waals surface area contributed by atoms with Crippen molar-refractivity contribution in [1.82, 2.24) is 9.88 Å². The van der Waals surface area contributed by atoms with Crippen LogP contribution in [-0.4, -0.2) is 52.7 Å². The van der Waals surface area contributed by atoms with E-state index in [0.29, 0.717) is 39.0 Å². The van der Waals surface area contributed by atoms with Crippen LogP contribution < -0.4 is 4.74 Å². The van der Waals surface area contributed by atoms with Crippen molar-refractivity contribution in [2.24, 2.45) is 17.8 Å². The second kappa shape index (κ2) is 12.9. The summed E-state index contributed by atoms with van der Waals surface area (Å²) in [4.78, 5) is 33.2. The normalized spacial score (nSPS) is 22.8. The summed E-state index contributed by atoms with van der Waals surface area (Å²) in [5, 5.41) is 12.2. The summed E-state index contributed by atoms with van der Waals surface area (Å²) in [5.41, 5.74) is 5.14. The topological polar surface area (TPSA) is 89.0 Å². The highest BCUT2D eigenvalue weighted by molar-refractivity contribution is 6.06. The highest BCUT2D eigenvalue weighted by atomic mass is 16.5. The van der Waals surface area contributed by atoms with E-state index in [2.05, 4.69) is 11.1 Å². The Morgan fingerprint density at radius 3 is 2.52 bits per heavy atom. The summed E-state index contributed by atoms with van der Waals surface area (Å²) in [6.45, 7) is 3.22. The largest absolute Gasteiger partial charge is 0.507 e. The van der Waals surface area contributed by atoms with Crippen LogP contribution in [0.15, 0.2) is 102 Å². The number of allylic oxidation sites excluding steroid dienone is 1. The van der Waals surface area contributed by atoms with E-state index in [1.165, 1.54) is 4.90 Å². The van der Waals surface area contributed by atoms with E-state index >= 15 is 0 Å². The molecule has 3 aliphatic rings. The van der Waals surface area contributed by atoms with Gasteiger partial charge in [0.15, 0.2) is 0 Å². The third kappa shape index (κ3) is 5.60. The van der Waals surface area contributed by atoms with E-state index in [0.717, 1.165) is 50.9 Å². The number of benzene rings is 3. The van der Waals surface area contributed by atoms with Gasteiger partial charge in [-0.3, -0.25) is 19.5 Å². The molecule has 3 aromatic carbocycles. The van der Waals surface area contributed by atoms with Crippen molar-refractivity contribution in [1.29, 1.82) is 0 Å². The molecule has 0 spiro atoms. The average Bonchev–Trinajstić information content (AvgIpc) is 3.62. The number of nitrogens with zero attached hydrogens (tertiary/aromatic N) is 2. The molecule has 0 unspecified atom stereocenters. The second-order valence-corrected chi connectivity index (χ2v) is 12.4. The van der Waals surface area contributed by atoms with Gasteiger partial charge in [0.2, 0.25) is 11.8 Å². The number of hydrogen-bond donors (Lipinski definition) is 1. The Bertz CT molecular complexity index is 1820. The quantitative estimate of drug-likeness (QED) is 0.152. The number of ether oxygens (including phenoxy) is 2. The first-order valence-corrected chi connectivity index (χ1v) is 16.2. The molecule has 1 aliphatic carbocycles. The van der Waals surface area contributed by atoms with Crippen molar-refractivity contribution in [2.45, 2.75) is 38.7 Å². The van der Waals surface area contributed by atoms with Gasteiger partial charge in [-0.2, -0.15) is 0 Å². The van der Waals surface area contributed by atoms with Crippen LogP contribution in [0.2, 0.25) is 0 Å². The fourth-order valence-corrected chi connectivity index (χ4v) is 7.54. The maximum absolute atomic E-state index is 13.6. The minimum Gasteiger partial charge on any atom is -0.507 e. The number of likely N-dealkylation sites (tertiary alicyclic amines) is 1. The van der Waals surface area contributed by atoms with Crippen LogP contribution in [0.1, 0.15) is 43.9 Å². The maximum atomic E-state index is 13.6. The monoisotopic (exact) mass is 614 g/mol. The first-order chi connectivity index (χ1) is 22.5. The Morgan fingerprint density at radius 1 is 0.957 bits per heavy atom. The predicted molar refractivity (Wildman–Crippen MR) is 178 cm³/mol. The van der Waals surface area contributed by atoms with Gasteiger partial charge in [-0.1, -0.05) is 61.5 Å². The third-order valence-electron chi connectivity index (χ3n) is 9.64. The van der Waals surface area contributed by atoms with E-state index in [9.17, 15) is 14.7 Å². The smallest absolute Gasteiger partial charge is 0.233 e. The van der Waals surface area contributed by atoms with E-state index in [4.69, 9.17) is 9.47 Å². The molecule has 0 saturated carbocycles. The first kappa shape index (κ1) is 29.9. The molecule has 3 heterocycles. The van der Waals surface area contributed by atoms with Crippen LogP contribution in [-0.2, 0) is 14.3 Å². The predicted octanol–water partition coefficient (Wildman–Crippen LogP) is 7.07. The molecule has 46 heavy (non-hydrogen) atoms. The van der Waals surface area contributed by atoms with Crippen LogP contribution in [0.5, 0.6) is 11.5 Å². The van der Waals surface area contributed by atoms with E-state index in [1.54, 1.807) is 12.3 Å². The molecular formula is C39H38N2O5. The second-order valence-electron chi connectivity index (χ2n) is 12.4. The van der Waals surface area contributed by atoms with Crippen molar-refractivity contribution in [2.75, 3.05) is 19.8 Å². The van der Waals surface area contributed by atoms with E-state index in [1.807, 2.05) is 85.8 Å². The van der Waals surface area contributed by atoms with Crippen LogP contribution in [0.3, 0.4) is 0 Å². The number of carbonyl (C=O) groups excluding carboxylic acids is 2. The number of rotatable bonds is 10. The van der Waals surface area contributed by atoms with Gasteiger partial charge in [0, 0.05) is 24.0 Å². The maximum Gasteiger partial charge on any atom is 0.233 e. The number of carbonyl (C=O) groups is 2. The number of fused-ring (bicyclic) bond motifs is 4. The molecule has 0 radical (unpaired) electrons. The number of aromatic hydroxyl groups is 1. The number of pyridine rings is 1. The van der Waals surface area contributed by atoms with Gasteiger partial charge in [0.05, 0.1) is 30.2 Å². The lowest BCUT2D eigenvalue weighted by Gasteiger charge is -2.32. The number of hydrogen-bond acceptors (Lipinski definition) is 6. The van der Waals surface area contributed by atoms with Gasteiger partial charge in [-0.25, -0.2) is 0 Å². The molecule has 7 nitrogen and oxygen atoms in total. The Kier molecular flexibility index (Phi) is 8.41. The summed E-state index contributed by atoms with van der Waals surface area (Å²) < 4.78 is 12.8. The third-order valence-corrected chi connectivity index (χ3v) is 9.64. The summed E-state index contributed by atoms with van der Waals surface area (Å²) in [6.07, 6.45) is 6.38. The minimum absolute atomic E-state index is 0.0556. The lowest BCUT2D eigenvalue weighted by molar-refractivity contribution is -0.140. The SMILES string of the molecule is CCCN1C(=O)[C@@H]2[C@@H](CC(COc3ccccc3)=C3[C@@H](CC/C(=C/c4ccc(O)c5ccccc45)c4ccccn4)OC[C@@H]32)C1=O. The Morgan fingerprint density at radius 2 is 1.74 bits per heavy atom. The molecule has 0 bridgehead atoms. The highest BCUT2D eigenvalue weighted by Crippen LogP contribution is 2.50. The Labute approximate surface area is 269 Å². The molecular weight excluding hydrogens is 576 g/mol. The van der Waals surface area contributed by atoms with Crippen LogP contribution in [0.25, 0.3) is 22.4 Å². The highest BCUT2D eigenvalue weighted by Gasteiger charge is 2.56. The van der Waals surface area contributed by atoms with Crippen LogP contribution >= 0.6 is 0 Å². The van der Waals surface area contributed by atoms with Gasteiger partial charge >= 0.3 is 0 Å². The van der Waals surface area contributed by atoms with Crippen molar-refractivity contribution in [3.05, 3.63) is 114 Å². The Balaban J connectivity index is 1.22. The Hall–Kier alpha value is -4.75. The average molecular weight is 615 g/mol. The molecule has 234 valence electrons. The number of amides is 2. The number of aromatic nitrogens is 1. The summed E-state index contributed by atoms with van der Waals surface area (Å²) in [7, 11) is 0. The van der Waals surface area contributed by atoms with Crippen LogP contribution in [0, 0.1) is 17.8 Å². The van der Waals surface area contributed by atoms with Gasteiger partial charge in [-0.15, -0.1) is 0 Å². The molecule has 1 N–H and O–H groups in total. The summed E-state index contributed by atoms with van der Waals surface area (Å²) >= 11 is 0. The van der Waals surface area contributed by atoms with Gasteiger partial charge in [0.25, 0.3) is 0 Å². The van der Waals surface area contributed by atoms with Gasteiger partial charge < -0.3 is 14.6 Å².